The van der Waals surface area contributed by atoms with Crippen LogP contribution in [0.3, 0.4) is 0 Å². The Kier molecular flexibility index (Phi) is 2.46. The summed E-state index contributed by atoms with van der Waals surface area (Å²) in [7, 11) is 0. The first-order valence-electron chi connectivity index (χ1n) is 4.62. The van der Waals surface area contributed by atoms with Gasteiger partial charge in [0.2, 0.25) is 0 Å². The molecule has 0 aliphatic carbocycles. The number of alkyl halides is 1. The number of rotatable bonds is 2. The third-order valence-corrected chi connectivity index (χ3v) is 2.39. The van der Waals surface area contributed by atoms with Gasteiger partial charge in [-0.2, -0.15) is 0 Å². The lowest BCUT2D eigenvalue weighted by Crippen LogP contribution is -2.12. The minimum absolute atomic E-state index is 0.513. The number of halogens is 1. The second kappa shape index (κ2) is 3.76. The van der Waals surface area contributed by atoms with E-state index in [1.165, 1.54) is 0 Å². The molecule has 1 atom stereocenters. The Balaban J connectivity index is 2.65. The molecule has 0 saturated carbocycles. The van der Waals surface area contributed by atoms with E-state index in [0.717, 1.165) is 16.3 Å². The van der Waals surface area contributed by atoms with Gasteiger partial charge >= 0.3 is 0 Å². The maximum atomic E-state index is 12.5. The normalized spacial score (nSPS) is 13.0. The molecule has 0 aliphatic rings. The van der Waals surface area contributed by atoms with Crippen molar-refractivity contribution in [1.82, 2.24) is 0 Å². The highest BCUT2D eigenvalue weighted by molar-refractivity contribution is 5.86. The molecule has 0 heterocycles. The maximum Gasteiger partial charge on any atom is 0.109 e. The van der Waals surface area contributed by atoms with E-state index in [-0.39, 0.29) is 0 Å². The third-order valence-electron chi connectivity index (χ3n) is 2.39. The van der Waals surface area contributed by atoms with Crippen molar-refractivity contribution in [2.24, 2.45) is 5.73 Å². The summed E-state index contributed by atoms with van der Waals surface area (Å²) >= 11 is 0. The van der Waals surface area contributed by atoms with Gasteiger partial charge in [0, 0.05) is 0 Å². The second-order valence-electron chi connectivity index (χ2n) is 3.33. The Hall–Kier alpha value is -1.41. The average Bonchev–Trinajstić information content (AvgIpc) is 2.27. The fourth-order valence-electron chi connectivity index (χ4n) is 1.66. The molecule has 1 unspecified atom stereocenters. The van der Waals surface area contributed by atoms with Crippen LogP contribution in [0.1, 0.15) is 11.6 Å². The van der Waals surface area contributed by atoms with Crippen molar-refractivity contribution in [3.05, 3.63) is 48.0 Å². The summed E-state index contributed by atoms with van der Waals surface area (Å²) in [6, 6.07) is 13.2. The van der Waals surface area contributed by atoms with Crippen LogP contribution >= 0.6 is 0 Å². The topological polar surface area (TPSA) is 26.0 Å². The van der Waals surface area contributed by atoms with Gasteiger partial charge in [0.25, 0.3) is 0 Å². The second-order valence-corrected chi connectivity index (χ2v) is 3.33. The summed E-state index contributed by atoms with van der Waals surface area (Å²) in [6.45, 7) is -0.520. The van der Waals surface area contributed by atoms with E-state index in [4.69, 9.17) is 5.73 Å². The van der Waals surface area contributed by atoms with Crippen LogP contribution < -0.4 is 5.73 Å². The van der Waals surface area contributed by atoms with Gasteiger partial charge in [-0.25, -0.2) is 4.39 Å². The summed E-state index contributed by atoms with van der Waals surface area (Å²) in [5, 5.41) is 2.15. The van der Waals surface area contributed by atoms with Crippen LogP contribution in [0, 0.1) is 0 Å². The molecule has 2 heteroatoms. The number of nitrogens with two attached hydrogens (primary N) is 1. The quantitative estimate of drug-likeness (QED) is 0.772. The van der Waals surface area contributed by atoms with Crippen molar-refractivity contribution in [1.29, 1.82) is 0 Å². The molecule has 2 rings (SSSR count). The van der Waals surface area contributed by atoms with Crippen molar-refractivity contribution in [2.75, 3.05) is 6.67 Å². The zero-order chi connectivity index (χ0) is 9.97. The zero-order valence-corrected chi connectivity index (χ0v) is 7.78. The summed E-state index contributed by atoms with van der Waals surface area (Å²) in [4.78, 5) is 0. The van der Waals surface area contributed by atoms with Crippen molar-refractivity contribution >= 4 is 10.8 Å². The Bertz CT molecular complexity index is 434. The highest BCUT2D eigenvalue weighted by Gasteiger charge is 2.08. The molecule has 2 aromatic rings. The van der Waals surface area contributed by atoms with Gasteiger partial charge in [-0.3, -0.25) is 0 Å². The fraction of sp³-hybridized carbons (Fsp3) is 0.167. The lowest BCUT2D eigenvalue weighted by atomic mass is 10.00. The Morgan fingerprint density at radius 3 is 2.57 bits per heavy atom. The standard InChI is InChI=1S/C12H12FN/c13-8-12(14)11-7-3-5-9-4-1-2-6-10(9)11/h1-7,12H,8,14H2. The van der Waals surface area contributed by atoms with Gasteiger partial charge in [-0.1, -0.05) is 42.5 Å². The van der Waals surface area contributed by atoms with Crippen LogP contribution in [-0.2, 0) is 0 Å². The van der Waals surface area contributed by atoms with Crippen LogP contribution in [0.4, 0.5) is 4.39 Å². The highest BCUT2D eigenvalue weighted by Crippen LogP contribution is 2.22. The molecule has 0 spiro atoms. The molecular weight excluding hydrogens is 177 g/mol. The predicted molar refractivity (Wildman–Crippen MR) is 56.9 cm³/mol. The molecule has 0 aromatic heterocycles. The van der Waals surface area contributed by atoms with Crippen molar-refractivity contribution in [2.45, 2.75) is 6.04 Å². The Morgan fingerprint density at radius 1 is 1.07 bits per heavy atom. The SMILES string of the molecule is NC(CF)c1cccc2ccccc12. The zero-order valence-electron chi connectivity index (χ0n) is 7.78. The van der Waals surface area contributed by atoms with E-state index in [1.54, 1.807) is 0 Å². The summed E-state index contributed by atoms with van der Waals surface area (Å²) in [6.07, 6.45) is 0. The first kappa shape index (κ1) is 9.16. The number of benzene rings is 2. The molecule has 0 fully saturated rings. The highest BCUT2D eigenvalue weighted by atomic mass is 19.1. The van der Waals surface area contributed by atoms with Crippen LogP contribution in [0.25, 0.3) is 10.8 Å². The van der Waals surface area contributed by atoms with Crippen LogP contribution in [-0.4, -0.2) is 6.67 Å². The Labute approximate surface area is 82.3 Å². The van der Waals surface area contributed by atoms with Gasteiger partial charge in [0.05, 0.1) is 6.04 Å². The van der Waals surface area contributed by atoms with Crippen LogP contribution in [0.2, 0.25) is 0 Å². The predicted octanol–water partition coefficient (Wildman–Crippen LogP) is 2.81. The molecule has 1 nitrogen and oxygen atoms in total. The maximum absolute atomic E-state index is 12.5. The van der Waals surface area contributed by atoms with Gasteiger partial charge < -0.3 is 5.73 Å². The van der Waals surface area contributed by atoms with E-state index < -0.39 is 12.7 Å². The van der Waals surface area contributed by atoms with Gasteiger partial charge in [0.1, 0.15) is 6.67 Å². The number of hydrogen-bond donors (Lipinski definition) is 1. The number of hydrogen-bond acceptors (Lipinski definition) is 1. The Morgan fingerprint density at radius 2 is 1.79 bits per heavy atom. The first-order chi connectivity index (χ1) is 6.83. The minimum atomic E-state index is -0.520. The van der Waals surface area contributed by atoms with E-state index in [9.17, 15) is 4.39 Å². The summed E-state index contributed by atoms with van der Waals surface area (Å²) < 4.78 is 12.5. The molecule has 0 saturated heterocycles. The molecule has 0 bridgehead atoms. The minimum Gasteiger partial charge on any atom is -0.322 e. The summed E-state index contributed by atoms with van der Waals surface area (Å²) in [5.41, 5.74) is 6.57. The fourth-order valence-corrected chi connectivity index (χ4v) is 1.66. The van der Waals surface area contributed by atoms with Gasteiger partial charge in [0.15, 0.2) is 0 Å². The summed E-state index contributed by atoms with van der Waals surface area (Å²) in [5.74, 6) is 0. The first-order valence-corrected chi connectivity index (χ1v) is 4.62. The lowest BCUT2D eigenvalue weighted by Gasteiger charge is -2.10. The van der Waals surface area contributed by atoms with Crippen molar-refractivity contribution in [3.63, 3.8) is 0 Å². The molecular formula is C12H12FN. The van der Waals surface area contributed by atoms with Crippen LogP contribution in [0.5, 0.6) is 0 Å². The van der Waals surface area contributed by atoms with Gasteiger partial charge in [-0.05, 0) is 16.3 Å². The van der Waals surface area contributed by atoms with E-state index >= 15 is 0 Å². The average molecular weight is 189 g/mol. The van der Waals surface area contributed by atoms with E-state index in [2.05, 4.69) is 0 Å². The number of fused-ring (bicyclic) bond motifs is 1. The van der Waals surface area contributed by atoms with E-state index in [0.29, 0.717) is 0 Å². The molecule has 2 N–H and O–H groups in total. The monoisotopic (exact) mass is 189 g/mol. The molecule has 72 valence electrons. The van der Waals surface area contributed by atoms with Gasteiger partial charge in [-0.15, -0.1) is 0 Å². The third kappa shape index (κ3) is 1.49. The van der Waals surface area contributed by atoms with Crippen LogP contribution in [0.15, 0.2) is 42.5 Å². The largest absolute Gasteiger partial charge is 0.322 e. The van der Waals surface area contributed by atoms with Crippen molar-refractivity contribution < 1.29 is 4.39 Å². The molecule has 0 radical (unpaired) electrons. The smallest absolute Gasteiger partial charge is 0.109 e. The molecule has 2 aromatic carbocycles. The lowest BCUT2D eigenvalue weighted by molar-refractivity contribution is 0.438. The molecule has 14 heavy (non-hydrogen) atoms. The molecule has 0 aliphatic heterocycles. The van der Waals surface area contributed by atoms with Crippen molar-refractivity contribution in [3.8, 4) is 0 Å². The van der Waals surface area contributed by atoms with E-state index in [1.807, 2.05) is 42.5 Å². The molecule has 0 amide bonds.